The quantitative estimate of drug-likeness (QED) is 0.774. The van der Waals surface area contributed by atoms with Crippen LogP contribution in [0.3, 0.4) is 0 Å². The summed E-state index contributed by atoms with van der Waals surface area (Å²) in [5.74, 6) is 1.21. The fourth-order valence-corrected chi connectivity index (χ4v) is 3.02. The van der Waals surface area contributed by atoms with E-state index in [0.717, 1.165) is 17.2 Å². The van der Waals surface area contributed by atoms with Crippen LogP contribution in [0.1, 0.15) is 17.0 Å². The van der Waals surface area contributed by atoms with Crippen molar-refractivity contribution in [3.8, 4) is 11.5 Å². The van der Waals surface area contributed by atoms with E-state index in [1.165, 1.54) is 11.1 Å². The molecule has 1 atom stereocenters. The molecular formula is C19H16O2. The number of phenols is 1. The molecule has 0 radical (unpaired) electrons. The topological polar surface area (TPSA) is 29.5 Å². The molecule has 0 saturated carbocycles. The first-order valence-electron chi connectivity index (χ1n) is 7.23. The first kappa shape index (κ1) is 12.3. The zero-order valence-electron chi connectivity index (χ0n) is 11.6. The fraction of sp³-hybridized carbons (Fsp3) is 0.158. The number of aromatic hydroxyl groups is 1. The summed E-state index contributed by atoms with van der Waals surface area (Å²) in [6.07, 6.45) is 1.06. The minimum absolute atomic E-state index is 0.210. The number of rotatable bonds is 3. The maximum atomic E-state index is 10.1. The van der Waals surface area contributed by atoms with Crippen molar-refractivity contribution in [1.29, 1.82) is 0 Å². The van der Waals surface area contributed by atoms with E-state index in [1.807, 2.05) is 30.3 Å². The molecule has 0 spiro atoms. The summed E-state index contributed by atoms with van der Waals surface area (Å²) in [7, 11) is 0. The summed E-state index contributed by atoms with van der Waals surface area (Å²) >= 11 is 0. The highest BCUT2D eigenvalue weighted by molar-refractivity contribution is 5.85. The monoisotopic (exact) mass is 276 g/mol. The van der Waals surface area contributed by atoms with Gasteiger partial charge in [0.05, 0.1) is 6.61 Å². The SMILES string of the molecule is Oc1cc2ccccc2cc1OCC1Cc2ccccc21. The third-order valence-electron chi connectivity index (χ3n) is 4.23. The molecule has 0 aromatic heterocycles. The zero-order chi connectivity index (χ0) is 14.2. The molecule has 3 aromatic rings. The summed E-state index contributed by atoms with van der Waals surface area (Å²) in [6.45, 7) is 0.614. The van der Waals surface area contributed by atoms with Gasteiger partial charge < -0.3 is 9.84 Å². The van der Waals surface area contributed by atoms with Crippen LogP contribution in [0.4, 0.5) is 0 Å². The summed E-state index contributed by atoms with van der Waals surface area (Å²) in [4.78, 5) is 0. The van der Waals surface area contributed by atoms with Crippen molar-refractivity contribution in [2.45, 2.75) is 12.3 Å². The average Bonchev–Trinajstić information content (AvgIpc) is 2.48. The molecule has 1 N–H and O–H groups in total. The van der Waals surface area contributed by atoms with Crippen LogP contribution >= 0.6 is 0 Å². The lowest BCUT2D eigenvalue weighted by Crippen LogP contribution is -2.23. The van der Waals surface area contributed by atoms with E-state index in [2.05, 4.69) is 24.3 Å². The number of ether oxygens (including phenoxy) is 1. The number of benzene rings is 3. The Labute approximate surface area is 123 Å². The van der Waals surface area contributed by atoms with Crippen LogP contribution in [0, 0.1) is 0 Å². The maximum absolute atomic E-state index is 10.1. The molecule has 1 aliphatic carbocycles. The third kappa shape index (κ3) is 2.13. The van der Waals surface area contributed by atoms with E-state index in [0.29, 0.717) is 18.3 Å². The van der Waals surface area contributed by atoms with E-state index >= 15 is 0 Å². The summed E-state index contributed by atoms with van der Waals surface area (Å²) < 4.78 is 5.86. The summed E-state index contributed by atoms with van der Waals surface area (Å²) in [5, 5.41) is 12.2. The first-order valence-corrected chi connectivity index (χ1v) is 7.23. The highest BCUT2D eigenvalue weighted by Crippen LogP contribution is 2.37. The zero-order valence-corrected chi connectivity index (χ0v) is 11.6. The van der Waals surface area contributed by atoms with E-state index in [9.17, 15) is 5.11 Å². The normalized spacial score (nSPS) is 16.3. The molecule has 3 aromatic carbocycles. The van der Waals surface area contributed by atoms with Gasteiger partial charge in [-0.15, -0.1) is 0 Å². The van der Waals surface area contributed by atoms with Gasteiger partial charge in [0, 0.05) is 5.92 Å². The van der Waals surface area contributed by atoms with Gasteiger partial charge in [-0.2, -0.15) is 0 Å². The highest BCUT2D eigenvalue weighted by Gasteiger charge is 2.26. The Hall–Kier alpha value is -2.48. The molecule has 2 nitrogen and oxygen atoms in total. The molecule has 0 saturated heterocycles. The molecular weight excluding hydrogens is 260 g/mol. The lowest BCUT2D eigenvalue weighted by molar-refractivity contribution is 0.264. The summed E-state index contributed by atoms with van der Waals surface area (Å²) in [6, 6.07) is 20.1. The van der Waals surface area contributed by atoms with Crippen molar-refractivity contribution in [3.63, 3.8) is 0 Å². The second kappa shape index (κ2) is 4.81. The van der Waals surface area contributed by atoms with Crippen LogP contribution < -0.4 is 4.74 Å². The molecule has 2 heteroatoms. The number of fused-ring (bicyclic) bond motifs is 2. The molecule has 1 unspecified atom stereocenters. The van der Waals surface area contributed by atoms with Gasteiger partial charge in [-0.1, -0.05) is 48.5 Å². The van der Waals surface area contributed by atoms with Gasteiger partial charge in [-0.3, -0.25) is 0 Å². The standard InChI is InChI=1S/C19H16O2/c20-18-10-13-5-1-2-6-14(13)11-19(18)21-12-16-9-15-7-3-4-8-17(15)16/h1-8,10-11,16,20H,9,12H2. The van der Waals surface area contributed by atoms with Crippen molar-refractivity contribution in [2.24, 2.45) is 0 Å². The number of hydrogen-bond donors (Lipinski definition) is 1. The molecule has 0 amide bonds. The molecule has 0 aliphatic heterocycles. The van der Waals surface area contributed by atoms with Crippen LogP contribution in [0.25, 0.3) is 10.8 Å². The van der Waals surface area contributed by atoms with Gasteiger partial charge in [0.15, 0.2) is 11.5 Å². The predicted octanol–water partition coefficient (Wildman–Crippen LogP) is 4.26. The first-order chi connectivity index (χ1) is 10.3. The highest BCUT2D eigenvalue weighted by atomic mass is 16.5. The van der Waals surface area contributed by atoms with E-state index < -0.39 is 0 Å². The van der Waals surface area contributed by atoms with Crippen LogP contribution in [-0.4, -0.2) is 11.7 Å². The van der Waals surface area contributed by atoms with Crippen LogP contribution in [0.5, 0.6) is 11.5 Å². The Morgan fingerprint density at radius 3 is 2.48 bits per heavy atom. The van der Waals surface area contributed by atoms with Crippen molar-refractivity contribution in [1.82, 2.24) is 0 Å². The maximum Gasteiger partial charge on any atom is 0.161 e. The number of phenolic OH excluding ortho intramolecular Hbond substituents is 1. The van der Waals surface area contributed by atoms with Crippen molar-refractivity contribution in [2.75, 3.05) is 6.61 Å². The summed E-state index contributed by atoms with van der Waals surface area (Å²) in [5.41, 5.74) is 2.78. The second-order valence-electron chi connectivity index (χ2n) is 5.58. The van der Waals surface area contributed by atoms with Gasteiger partial charge in [0.2, 0.25) is 0 Å². The van der Waals surface area contributed by atoms with Gasteiger partial charge in [-0.25, -0.2) is 0 Å². The number of hydrogen-bond acceptors (Lipinski definition) is 2. The molecule has 0 fully saturated rings. The molecule has 0 bridgehead atoms. The van der Waals surface area contributed by atoms with Crippen LogP contribution in [-0.2, 0) is 6.42 Å². The molecule has 4 rings (SSSR count). The molecule has 0 heterocycles. The Morgan fingerprint density at radius 2 is 1.67 bits per heavy atom. The Morgan fingerprint density at radius 1 is 0.952 bits per heavy atom. The lowest BCUT2D eigenvalue weighted by Gasteiger charge is -2.29. The average molecular weight is 276 g/mol. The van der Waals surface area contributed by atoms with Crippen molar-refractivity contribution >= 4 is 10.8 Å². The lowest BCUT2D eigenvalue weighted by atomic mass is 9.78. The smallest absolute Gasteiger partial charge is 0.161 e. The fourth-order valence-electron chi connectivity index (χ4n) is 3.02. The Kier molecular flexibility index (Phi) is 2.81. The minimum atomic E-state index is 0.210. The predicted molar refractivity (Wildman–Crippen MR) is 84.0 cm³/mol. The van der Waals surface area contributed by atoms with Gasteiger partial charge in [0.25, 0.3) is 0 Å². The third-order valence-corrected chi connectivity index (χ3v) is 4.23. The van der Waals surface area contributed by atoms with E-state index in [1.54, 1.807) is 6.07 Å². The van der Waals surface area contributed by atoms with Gasteiger partial charge in [0.1, 0.15) is 0 Å². The Bertz CT molecular complexity index is 808. The van der Waals surface area contributed by atoms with E-state index in [4.69, 9.17) is 4.74 Å². The van der Waals surface area contributed by atoms with Crippen LogP contribution in [0.15, 0.2) is 60.7 Å². The molecule has 21 heavy (non-hydrogen) atoms. The minimum Gasteiger partial charge on any atom is -0.504 e. The van der Waals surface area contributed by atoms with Gasteiger partial charge in [-0.05, 0) is 40.5 Å². The van der Waals surface area contributed by atoms with E-state index in [-0.39, 0.29) is 5.75 Å². The van der Waals surface area contributed by atoms with Gasteiger partial charge >= 0.3 is 0 Å². The molecule has 104 valence electrons. The second-order valence-corrected chi connectivity index (χ2v) is 5.58. The van der Waals surface area contributed by atoms with Crippen molar-refractivity contribution in [3.05, 3.63) is 71.8 Å². The van der Waals surface area contributed by atoms with Crippen molar-refractivity contribution < 1.29 is 9.84 Å². The molecule has 1 aliphatic rings. The van der Waals surface area contributed by atoms with Crippen LogP contribution in [0.2, 0.25) is 0 Å². The largest absolute Gasteiger partial charge is 0.504 e. The Balaban J connectivity index is 1.54.